The van der Waals surface area contributed by atoms with Crippen molar-refractivity contribution in [1.82, 2.24) is 19.8 Å². The largest absolute Gasteiger partial charge is 0.506 e. The lowest BCUT2D eigenvalue weighted by Crippen LogP contribution is -2.04. The van der Waals surface area contributed by atoms with Gasteiger partial charge >= 0.3 is 11.5 Å². The van der Waals surface area contributed by atoms with E-state index in [1.165, 1.54) is 4.63 Å². The third-order valence-electron chi connectivity index (χ3n) is 2.96. The van der Waals surface area contributed by atoms with Crippen LogP contribution in [0.1, 0.15) is 0 Å². The highest BCUT2D eigenvalue weighted by atomic mass is 32.1. The molecule has 0 fully saturated rings. The minimum absolute atomic E-state index is 0.0851. The summed E-state index contributed by atoms with van der Waals surface area (Å²) in [6.45, 7) is 0. The number of nitrogens with zero attached hydrogens (tertiary/aromatic N) is 3. The van der Waals surface area contributed by atoms with Crippen molar-refractivity contribution in [3.05, 3.63) is 39.5 Å². The van der Waals surface area contributed by atoms with Gasteiger partial charge < -0.3 is 13.9 Å². The Hall–Kier alpha value is -2.94. The van der Waals surface area contributed by atoms with E-state index in [1.807, 2.05) is 0 Å². The molecule has 0 amide bonds. The van der Waals surface area contributed by atoms with E-state index in [1.54, 1.807) is 24.3 Å². The van der Waals surface area contributed by atoms with Gasteiger partial charge in [-0.1, -0.05) is 12.1 Å². The van der Waals surface area contributed by atoms with Gasteiger partial charge in [0.1, 0.15) is 11.3 Å². The second kappa shape index (κ2) is 4.03. The summed E-state index contributed by atoms with van der Waals surface area (Å²) in [6, 6.07) is 6.62. The lowest BCUT2D eigenvalue weighted by molar-refractivity contribution is 0.466. The smallest absolute Gasteiger partial charge is 0.353 e. The first-order valence-corrected chi connectivity index (χ1v) is 6.25. The summed E-state index contributed by atoms with van der Waals surface area (Å²) in [5.74, 6) is -0.285. The Bertz CT molecular complexity index is 1070. The molecule has 0 bridgehead atoms. The molecule has 4 rings (SSSR count). The highest BCUT2D eigenvalue weighted by Gasteiger charge is 2.21. The lowest BCUT2D eigenvalue weighted by Gasteiger charge is -2.02. The van der Waals surface area contributed by atoms with E-state index in [4.69, 9.17) is 21.1 Å². The molecule has 8 nitrogen and oxygen atoms in total. The maximum Gasteiger partial charge on any atom is 0.353 e. The zero-order valence-corrected chi connectivity index (χ0v) is 11.0. The number of aromatic hydroxyl groups is 1. The van der Waals surface area contributed by atoms with Gasteiger partial charge in [-0.25, -0.2) is 9.89 Å². The van der Waals surface area contributed by atoms with E-state index >= 15 is 0 Å². The fourth-order valence-electron chi connectivity index (χ4n) is 2.05. The maximum atomic E-state index is 12.0. The van der Waals surface area contributed by atoms with Crippen LogP contribution in [0.2, 0.25) is 0 Å². The molecule has 0 atom stereocenters. The minimum Gasteiger partial charge on any atom is -0.506 e. The van der Waals surface area contributed by atoms with Gasteiger partial charge in [0.25, 0.3) is 5.89 Å². The number of nitrogens with one attached hydrogen (secondary N) is 1. The molecule has 0 aliphatic rings. The number of benzene rings is 1. The maximum absolute atomic E-state index is 12.0. The van der Waals surface area contributed by atoms with Crippen molar-refractivity contribution in [2.45, 2.75) is 0 Å². The van der Waals surface area contributed by atoms with Crippen LogP contribution in [0.3, 0.4) is 0 Å². The second-order valence-electron chi connectivity index (χ2n) is 4.24. The van der Waals surface area contributed by atoms with Crippen LogP contribution in [0.4, 0.5) is 0 Å². The van der Waals surface area contributed by atoms with E-state index in [0.717, 1.165) is 0 Å². The Labute approximate surface area is 120 Å². The topological polar surface area (TPSA) is 110 Å². The Kier molecular flexibility index (Phi) is 2.27. The van der Waals surface area contributed by atoms with Crippen LogP contribution in [-0.4, -0.2) is 24.9 Å². The normalized spacial score (nSPS) is 11.4. The standard InChI is InChI=1S/C12H6N4O4S/c17-8-5-3-1-2-4-6(5)19-10(18)7(8)9-14-16-12(20-9)13-11(21)15-16/h1-4,17H,(H,15,21). The van der Waals surface area contributed by atoms with Crippen LogP contribution < -0.4 is 5.63 Å². The molecule has 0 saturated heterocycles. The van der Waals surface area contributed by atoms with E-state index in [-0.39, 0.29) is 33.4 Å². The van der Waals surface area contributed by atoms with Crippen LogP contribution >= 0.6 is 12.2 Å². The Morgan fingerprint density at radius 1 is 1.29 bits per heavy atom. The van der Waals surface area contributed by atoms with Crippen LogP contribution in [0, 0.1) is 4.77 Å². The summed E-state index contributed by atoms with van der Waals surface area (Å²) in [7, 11) is 0. The molecular formula is C12H6N4O4S. The number of aromatic amines is 1. The molecule has 0 spiro atoms. The monoisotopic (exact) mass is 302 g/mol. The van der Waals surface area contributed by atoms with Crippen LogP contribution in [0.25, 0.3) is 28.3 Å². The summed E-state index contributed by atoms with van der Waals surface area (Å²) in [6.07, 6.45) is 0. The molecule has 0 saturated carbocycles. The average molecular weight is 302 g/mol. The Balaban J connectivity index is 2.07. The molecule has 0 unspecified atom stereocenters. The van der Waals surface area contributed by atoms with Crippen molar-refractivity contribution in [1.29, 1.82) is 0 Å². The summed E-state index contributed by atoms with van der Waals surface area (Å²) in [5.41, 5.74) is -0.646. The number of hydrogen-bond acceptors (Lipinski definition) is 7. The number of rotatable bonds is 1. The predicted molar refractivity (Wildman–Crippen MR) is 73.6 cm³/mol. The van der Waals surface area contributed by atoms with Gasteiger partial charge in [-0.15, -0.1) is 9.73 Å². The Morgan fingerprint density at radius 2 is 2.10 bits per heavy atom. The minimum atomic E-state index is -0.755. The van der Waals surface area contributed by atoms with Crippen molar-refractivity contribution in [3.63, 3.8) is 0 Å². The molecule has 9 heteroatoms. The van der Waals surface area contributed by atoms with Gasteiger partial charge in [0.05, 0.1) is 5.39 Å². The van der Waals surface area contributed by atoms with E-state index < -0.39 is 5.63 Å². The fraction of sp³-hybridized carbons (Fsp3) is 0. The molecule has 4 aromatic rings. The molecule has 0 radical (unpaired) electrons. The SMILES string of the molecule is O=c1oc2ccccc2c(O)c1-c1nn2[nH]c(=S)nc2o1. The first-order chi connectivity index (χ1) is 10.1. The first kappa shape index (κ1) is 11.9. The van der Waals surface area contributed by atoms with Gasteiger partial charge in [-0.2, -0.15) is 4.98 Å². The summed E-state index contributed by atoms with van der Waals surface area (Å²) in [4.78, 5) is 15.9. The summed E-state index contributed by atoms with van der Waals surface area (Å²) >= 11 is 4.82. The third-order valence-corrected chi connectivity index (χ3v) is 3.14. The Morgan fingerprint density at radius 3 is 2.90 bits per heavy atom. The van der Waals surface area contributed by atoms with Crippen molar-refractivity contribution < 1.29 is 13.9 Å². The number of para-hydroxylation sites is 1. The van der Waals surface area contributed by atoms with Crippen LogP contribution in [0.5, 0.6) is 5.75 Å². The van der Waals surface area contributed by atoms with Gasteiger partial charge in [0, 0.05) is 0 Å². The zero-order chi connectivity index (χ0) is 14.6. The summed E-state index contributed by atoms with van der Waals surface area (Å²) < 4.78 is 11.8. The highest BCUT2D eigenvalue weighted by Crippen LogP contribution is 2.32. The molecule has 0 aliphatic carbocycles. The first-order valence-electron chi connectivity index (χ1n) is 5.84. The van der Waals surface area contributed by atoms with Gasteiger partial charge in [-0.05, 0) is 24.4 Å². The molecule has 3 heterocycles. The fourth-order valence-corrected chi connectivity index (χ4v) is 2.22. The lowest BCUT2D eigenvalue weighted by atomic mass is 10.1. The second-order valence-corrected chi connectivity index (χ2v) is 4.63. The molecular weight excluding hydrogens is 296 g/mol. The number of aromatic nitrogens is 4. The van der Waals surface area contributed by atoms with E-state index in [9.17, 15) is 9.90 Å². The molecule has 2 N–H and O–H groups in total. The molecule has 104 valence electrons. The highest BCUT2D eigenvalue weighted by molar-refractivity contribution is 7.71. The molecule has 0 aliphatic heterocycles. The summed E-state index contributed by atoms with van der Waals surface area (Å²) in [5, 5.41) is 17.3. The average Bonchev–Trinajstić information content (AvgIpc) is 2.96. The van der Waals surface area contributed by atoms with Crippen LogP contribution in [-0.2, 0) is 0 Å². The van der Waals surface area contributed by atoms with Gasteiger partial charge in [0.2, 0.25) is 4.77 Å². The van der Waals surface area contributed by atoms with E-state index in [0.29, 0.717) is 5.39 Å². The quantitative estimate of drug-likeness (QED) is 0.408. The van der Waals surface area contributed by atoms with Crippen molar-refractivity contribution in [3.8, 4) is 17.2 Å². The van der Waals surface area contributed by atoms with Gasteiger partial charge in [0.15, 0.2) is 5.56 Å². The third kappa shape index (κ3) is 1.68. The molecule has 3 aromatic heterocycles. The zero-order valence-electron chi connectivity index (χ0n) is 10.2. The van der Waals surface area contributed by atoms with Crippen molar-refractivity contribution in [2.24, 2.45) is 0 Å². The van der Waals surface area contributed by atoms with Gasteiger partial charge in [-0.3, -0.25) is 0 Å². The number of H-pyrrole nitrogens is 1. The molecule has 1 aromatic carbocycles. The number of hydrogen-bond donors (Lipinski definition) is 2. The predicted octanol–water partition coefficient (Wildman–Crippen LogP) is 1.86. The van der Waals surface area contributed by atoms with Crippen molar-refractivity contribution >= 4 is 29.0 Å². The molecule has 21 heavy (non-hydrogen) atoms. The van der Waals surface area contributed by atoms with Crippen molar-refractivity contribution in [2.75, 3.05) is 0 Å². The van der Waals surface area contributed by atoms with E-state index in [2.05, 4.69) is 15.2 Å². The number of fused-ring (bicyclic) bond motifs is 2. The van der Waals surface area contributed by atoms with Crippen LogP contribution in [0.15, 0.2) is 37.9 Å².